The molecule has 1 heterocycles. The van der Waals surface area contributed by atoms with E-state index in [9.17, 15) is 4.39 Å². The van der Waals surface area contributed by atoms with E-state index in [-0.39, 0.29) is 5.82 Å². The molecule has 24 heavy (non-hydrogen) atoms. The van der Waals surface area contributed by atoms with E-state index in [1.165, 1.54) is 10.9 Å². The van der Waals surface area contributed by atoms with Crippen LogP contribution in [0, 0.1) is 5.82 Å². The van der Waals surface area contributed by atoms with Gasteiger partial charge in [0.05, 0.1) is 9.48 Å². The number of guanidine groups is 1. The molecule has 0 fully saturated rings. The van der Waals surface area contributed by atoms with Gasteiger partial charge in [-0.2, -0.15) is 0 Å². The van der Waals surface area contributed by atoms with Crippen molar-refractivity contribution in [1.29, 1.82) is 0 Å². The summed E-state index contributed by atoms with van der Waals surface area (Å²) in [5.41, 5.74) is 1.07. The molecule has 0 saturated carbocycles. The van der Waals surface area contributed by atoms with Crippen molar-refractivity contribution >= 4 is 33.2 Å². The van der Waals surface area contributed by atoms with E-state index in [0.717, 1.165) is 48.9 Å². The van der Waals surface area contributed by atoms with Crippen LogP contribution in [-0.4, -0.2) is 31.1 Å². The normalized spacial score (nSPS) is 11.6. The van der Waals surface area contributed by atoms with Crippen molar-refractivity contribution in [1.82, 2.24) is 15.6 Å². The minimum atomic E-state index is -0.238. The van der Waals surface area contributed by atoms with Crippen molar-refractivity contribution in [2.24, 2.45) is 4.99 Å². The molecule has 7 heteroatoms. The zero-order valence-corrected chi connectivity index (χ0v) is 16.3. The lowest BCUT2D eigenvalue weighted by atomic mass is 10.1. The molecule has 4 nitrogen and oxygen atoms in total. The maximum Gasteiger partial charge on any atom is 0.191 e. The summed E-state index contributed by atoms with van der Waals surface area (Å²) in [6, 6.07) is 5.08. The monoisotopic (exact) mass is 412 g/mol. The van der Waals surface area contributed by atoms with Crippen LogP contribution in [0.1, 0.15) is 22.4 Å². The molecule has 0 spiro atoms. The van der Waals surface area contributed by atoms with E-state index in [0.29, 0.717) is 4.47 Å². The summed E-state index contributed by atoms with van der Waals surface area (Å²) in [4.78, 5) is 9.94. The van der Waals surface area contributed by atoms with Gasteiger partial charge in [0.2, 0.25) is 0 Å². The number of benzene rings is 1. The minimum absolute atomic E-state index is 0.238. The average Bonchev–Trinajstić information content (AvgIpc) is 3.04. The predicted molar refractivity (Wildman–Crippen MR) is 102 cm³/mol. The first-order valence-electron chi connectivity index (χ1n) is 7.94. The Labute approximate surface area is 154 Å². The third-order valence-corrected chi connectivity index (χ3v) is 5.30. The highest BCUT2D eigenvalue weighted by Gasteiger charge is 2.03. The number of hydrogen-bond acceptors (Lipinski definition) is 3. The Morgan fingerprint density at radius 3 is 2.67 bits per heavy atom. The van der Waals surface area contributed by atoms with Crippen LogP contribution in [0.5, 0.6) is 0 Å². The number of aryl methyl sites for hydroxylation is 1. The molecule has 2 rings (SSSR count). The molecule has 130 valence electrons. The second-order valence-corrected chi connectivity index (χ2v) is 7.30. The maximum atomic E-state index is 13.2. The second-order valence-electron chi connectivity index (χ2n) is 5.25. The maximum absolute atomic E-state index is 13.2. The molecule has 0 aliphatic heterocycles. The van der Waals surface area contributed by atoms with E-state index < -0.39 is 0 Å². The molecule has 0 bridgehead atoms. The first-order chi connectivity index (χ1) is 11.6. The van der Waals surface area contributed by atoms with Crippen molar-refractivity contribution < 1.29 is 4.39 Å². The Morgan fingerprint density at radius 1 is 1.29 bits per heavy atom. The Balaban J connectivity index is 1.71. The summed E-state index contributed by atoms with van der Waals surface area (Å²) >= 11 is 4.97. The molecule has 0 unspecified atom stereocenters. The average molecular weight is 413 g/mol. The summed E-state index contributed by atoms with van der Waals surface area (Å²) in [6.45, 7) is 3.66. The first kappa shape index (κ1) is 18.9. The van der Waals surface area contributed by atoms with Crippen molar-refractivity contribution in [2.45, 2.75) is 26.2 Å². The van der Waals surface area contributed by atoms with Crippen LogP contribution in [0.4, 0.5) is 4.39 Å². The van der Waals surface area contributed by atoms with Gasteiger partial charge in [0.15, 0.2) is 5.96 Å². The van der Waals surface area contributed by atoms with E-state index in [1.807, 2.05) is 6.20 Å². The molecule has 2 aromatic rings. The third kappa shape index (κ3) is 5.87. The highest BCUT2D eigenvalue weighted by molar-refractivity contribution is 9.10. The van der Waals surface area contributed by atoms with Gasteiger partial charge in [0.25, 0.3) is 0 Å². The van der Waals surface area contributed by atoms with Gasteiger partial charge in [-0.25, -0.2) is 9.37 Å². The Morgan fingerprint density at radius 2 is 2.04 bits per heavy atom. The van der Waals surface area contributed by atoms with Crippen molar-refractivity contribution in [3.8, 4) is 0 Å². The van der Waals surface area contributed by atoms with Gasteiger partial charge < -0.3 is 10.6 Å². The van der Waals surface area contributed by atoms with Crippen LogP contribution in [0.2, 0.25) is 0 Å². The van der Waals surface area contributed by atoms with Gasteiger partial charge in [0, 0.05) is 37.6 Å². The topological polar surface area (TPSA) is 49.3 Å². The molecule has 0 atom stereocenters. The number of nitrogens with zero attached hydrogens (tertiary/aromatic N) is 2. The van der Waals surface area contributed by atoms with Crippen molar-refractivity contribution in [3.63, 3.8) is 0 Å². The first-order valence-corrected chi connectivity index (χ1v) is 9.55. The summed E-state index contributed by atoms with van der Waals surface area (Å²) < 4.78 is 13.7. The highest BCUT2D eigenvalue weighted by Crippen LogP contribution is 2.17. The number of aliphatic imine (C=N–C) groups is 1. The van der Waals surface area contributed by atoms with Gasteiger partial charge >= 0.3 is 0 Å². The van der Waals surface area contributed by atoms with Gasteiger partial charge in [-0.15, -0.1) is 11.3 Å². The van der Waals surface area contributed by atoms with Gasteiger partial charge in [0.1, 0.15) is 5.82 Å². The number of hydrogen-bond donors (Lipinski definition) is 2. The molecule has 0 saturated heterocycles. The number of nitrogens with one attached hydrogen (secondary N) is 2. The Hall–Kier alpha value is -1.47. The molecule has 2 N–H and O–H groups in total. The quantitative estimate of drug-likeness (QED) is 0.539. The third-order valence-electron chi connectivity index (χ3n) is 3.49. The molecule has 1 aromatic carbocycles. The van der Waals surface area contributed by atoms with Crippen molar-refractivity contribution in [3.05, 3.63) is 50.1 Å². The minimum Gasteiger partial charge on any atom is -0.356 e. The zero-order valence-electron chi connectivity index (χ0n) is 13.9. The number of thiazole rings is 1. The molecule has 0 aliphatic rings. The molecule has 0 radical (unpaired) electrons. The predicted octanol–water partition coefficient (Wildman–Crippen LogP) is 3.56. The fourth-order valence-electron chi connectivity index (χ4n) is 2.16. The van der Waals surface area contributed by atoms with Crippen LogP contribution >= 0.6 is 27.3 Å². The van der Waals surface area contributed by atoms with Crippen LogP contribution in [0.25, 0.3) is 0 Å². The summed E-state index contributed by atoms with van der Waals surface area (Å²) in [6.07, 6.45) is 4.67. The summed E-state index contributed by atoms with van der Waals surface area (Å²) in [5, 5.41) is 7.70. The van der Waals surface area contributed by atoms with Gasteiger partial charge in [-0.05, 0) is 46.5 Å². The fraction of sp³-hybridized carbons (Fsp3) is 0.412. The van der Waals surface area contributed by atoms with Gasteiger partial charge in [-0.3, -0.25) is 4.99 Å². The van der Waals surface area contributed by atoms with E-state index in [1.54, 1.807) is 30.5 Å². The van der Waals surface area contributed by atoms with Crippen LogP contribution in [0.15, 0.2) is 33.9 Å². The highest BCUT2D eigenvalue weighted by atomic mass is 79.9. The van der Waals surface area contributed by atoms with E-state index >= 15 is 0 Å². The van der Waals surface area contributed by atoms with Crippen LogP contribution < -0.4 is 10.6 Å². The second kappa shape index (κ2) is 9.74. The Kier molecular flexibility index (Phi) is 7.65. The molecule has 0 amide bonds. The zero-order chi connectivity index (χ0) is 17.4. The van der Waals surface area contributed by atoms with Crippen molar-refractivity contribution in [2.75, 3.05) is 20.1 Å². The number of aromatic nitrogens is 1. The summed E-state index contributed by atoms with van der Waals surface area (Å²) in [7, 11) is 1.75. The molecule has 1 aromatic heterocycles. The van der Waals surface area contributed by atoms with Crippen LogP contribution in [-0.2, 0) is 19.3 Å². The van der Waals surface area contributed by atoms with Crippen LogP contribution in [0.3, 0.4) is 0 Å². The standard InChI is InChI=1S/C17H22BrFN4S/c1-3-13-11-23-16(24-13)7-9-22-17(20-2)21-8-6-12-4-5-15(19)14(18)10-12/h4-5,10-11H,3,6-9H2,1-2H3,(H2,20,21,22). The largest absolute Gasteiger partial charge is 0.356 e. The lowest BCUT2D eigenvalue weighted by Crippen LogP contribution is -2.39. The number of halogens is 2. The summed E-state index contributed by atoms with van der Waals surface area (Å²) in [5.74, 6) is 0.529. The van der Waals surface area contributed by atoms with E-state index in [2.05, 4.69) is 43.5 Å². The lowest BCUT2D eigenvalue weighted by Gasteiger charge is -2.11. The fourth-order valence-corrected chi connectivity index (χ4v) is 3.44. The van der Waals surface area contributed by atoms with E-state index in [4.69, 9.17) is 0 Å². The SMILES string of the molecule is CCc1cnc(CCNC(=NC)NCCc2ccc(F)c(Br)c2)s1. The van der Waals surface area contributed by atoms with Gasteiger partial charge in [-0.1, -0.05) is 13.0 Å². The number of rotatable bonds is 7. The Bertz CT molecular complexity index is 687. The smallest absolute Gasteiger partial charge is 0.191 e. The molecule has 0 aliphatic carbocycles. The lowest BCUT2D eigenvalue weighted by molar-refractivity contribution is 0.620. The molecular formula is C17H22BrFN4S. The molecular weight excluding hydrogens is 391 g/mol.